The number of ether oxygens (including phenoxy) is 2. The number of hydrogen-bond acceptors (Lipinski definition) is 5. The summed E-state index contributed by atoms with van der Waals surface area (Å²) in [5, 5.41) is 4.93. The van der Waals surface area contributed by atoms with Gasteiger partial charge in [-0.15, -0.1) is 0 Å². The fourth-order valence-corrected chi connectivity index (χ4v) is 3.48. The fourth-order valence-electron chi connectivity index (χ4n) is 3.31. The topological polar surface area (TPSA) is 51.9 Å². The molecule has 3 aromatic rings. The molecule has 0 saturated carbocycles. The van der Waals surface area contributed by atoms with Crippen molar-refractivity contribution in [3.05, 3.63) is 47.3 Å². The average molecular weight is 371 g/mol. The predicted octanol–water partition coefficient (Wildman–Crippen LogP) is 3.75. The number of hydrogen-bond donors (Lipinski definition) is 0. The molecular weight excluding hydrogens is 352 g/mol. The first-order valence-corrected chi connectivity index (χ1v) is 8.68. The molecule has 0 bridgehead atoms. The summed E-state index contributed by atoms with van der Waals surface area (Å²) >= 11 is 6.33. The highest BCUT2D eigenvalue weighted by molar-refractivity contribution is 6.29. The number of methoxy groups -OCH3 is 2. The second-order valence-electron chi connectivity index (χ2n) is 6.08. The van der Waals surface area contributed by atoms with Crippen LogP contribution in [0.5, 0.6) is 11.5 Å². The van der Waals surface area contributed by atoms with E-state index < -0.39 is 0 Å². The van der Waals surface area contributed by atoms with Crippen molar-refractivity contribution in [2.75, 3.05) is 32.2 Å². The predicted molar refractivity (Wildman–Crippen MR) is 103 cm³/mol. The number of imidazole rings is 1. The second-order valence-corrected chi connectivity index (χ2v) is 6.47. The van der Waals surface area contributed by atoms with Crippen molar-refractivity contribution >= 4 is 22.9 Å². The largest absolute Gasteiger partial charge is 0.493 e. The molecule has 1 aromatic carbocycles. The summed E-state index contributed by atoms with van der Waals surface area (Å²) < 4.78 is 12.6. The van der Waals surface area contributed by atoms with Gasteiger partial charge in [0, 0.05) is 24.7 Å². The van der Waals surface area contributed by atoms with Crippen molar-refractivity contribution < 1.29 is 9.47 Å². The van der Waals surface area contributed by atoms with Crippen molar-refractivity contribution in [1.82, 2.24) is 14.6 Å². The van der Waals surface area contributed by atoms with E-state index in [0.29, 0.717) is 16.7 Å². The van der Waals surface area contributed by atoms with Gasteiger partial charge in [0.25, 0.3) is 0 Å². The number of fused-ring (bicyclic) bond motifs is 1. The number of benzene rings is 1. The van der Waals surface area contributed by atoms with E-state index in [4.69, 9.17) is 26.1 Å². The minimum absolute atomic E-state index is 0.429. The van der Waals surface area contributed by atoms with E-state index in [1.807, 2.05) is 35.7 Å². The van der Waals surface area contributed by atoms with Crippen LogP contribution in [0.15, 0.2) is 36.4 Å². The molecule has 0 N–H and O–H groups in total. The minimum atomic E-state index is 0.429. The highest BCUT2D eigenvalue weighted by atomic mass is 35.5. The summed E-state index contributed by atoms with van der Waals surface area (Å²) in [5.74, 6) is 1.34. The molecule has 1 aliphatic heterocycles. The number of halogens is 1. The third kappa shape index (κ3) is 2.66. The average Bonchev–Trinajstić information content (AvgIpc) is 3.28. The number of aromatic nitrogens is 3. The van der Waals surface area contributed by atoms with Crippen molar-refractivity contribution in [2.45, 2.75) is 6.92 Å². The van der Waals surface area contributed by atoms with Gasteiger partial charge in [0.2, 0.25) is 0 Å². The van der Waals surface area contributed by atoms with E-state index in [0.717, 1.165) is 41.4 Å². The monoisotopic (exact) mass is 370 g/mol. The molecule has 0 atom stereocenters. The van der Waals surface area contributed by atoms with Crippen LogP contribution >= 0.6 is 11.6 Å². The standard InChI is InChI=1S/C19H19ClN4O2/c1-12-18(13-6-7-15(25-2)16(10-13)26-3)24-19(21-12)14(11-17(20)22-24)23-8-4-5-9-23/h4-7,10-11H,8-9H2,1-3H3. The maximum absolute atomic E-state index is 6.33. The third-order valence-electron chi connectivity index (χ3n) is 4.53. The smallest absolute Gasteiger partial charge is 0.178 e. The molecular formula is C19H19ClN4O2. The molecule has 0 amide bonds. The molecule has 6 nitrogen and oxygen atoms in total. The van der Waals surface area contributed by atoms with Crippen molar-refractivity contribution in [2.24, 2.45) is 0 Å². The molecule has 0 unspecified atom stereocenters. The van der Waals surface area contributed by atoms with E-state index in [9.17, 15) is 0 Å². The van der Waals surface area contributed by atoms with Gasteiger partial charge < -0.3 is 14.4 Å². The Bertz CT molecular complexity index is 1000. The zero-order valence-electron chi connectivity index (χ0n) is 14.9. The van der Waals surface area contributed by atoms with Crippen LogP contribution in [0.4, 0.5) is 5.69 Å². The quantitative estimate of drug-likeness (QED) is 0.655. The maximum atomic E-state index is 6.33. The van der Waals surface area contributed by atoms with Crippen LogP contribution in [0.3, 0.4) is 0 Å². The first kappa shape index (κ1) is 16.7. The van der Waals surface area contributed by atoms with Crippen LogP contribution in [0.1, 0.15) is 5.69 Å². The minimum Gasteiger partial charge on any atom is -0.493 e. The molecule has 2 aromatic heterocycles. The highest BCUT2D eigenvalue weighted by Crippen LogP contribution is 2.35. The lowest BCUT2D eigenvalue weighted by molar-refractivity contribution is 0.355. The van der Waals surface area contributed by atoms with Gasteiger partial charge in [0.05, 0.1) is 31.3 Å². The summed E-state index contributed by atoms with van der Waals surface area (Å²) in [6, 6.07) is 7.64. The molecule has 0 aliphatic carbocycles. The summed E-state index contributed by atoms with van der Waals surface area (Å²) in [6.45, 7) is 3.65. The van der Waals surface area contributed by atoms with Crippen LogP contribution in [0.2, 0.25) is 5.15 Å². The van der Waals surface area contributed by atoms with Crippen LogP contribution in [-0.2, 0) is 0 Å². The molecule has 1 aliphatic rings. The SMILES string of the molecule is COc1ccc(-c2c(C)nc3c(N4CC=CC4)cc(Cl)nn23)cc1OC. The van der Waals surface area contributed by atoms with Crippen molar-refractivity contribution in [3.63, 3.8) is 0 Å². The normalized spacial score (nSPS) is 13.6. The molecule has 0 radical (unpaired) electrons. The van der Waals surface area contributed by atoms with Gasteiger partial charge in [0.15, 0.2) is 22.3 Å². The number of nitrogens with zero attached hydrogens (tertiary/aromatic N) is 4. The fraction of sp³-hybridized carbons (Fsp3) is 0.263. The lowest BCUT2D eigenvalue weighted by atomic mass is 10.1. The van der Waals surface area contributed by atoms with Crippen molar-refractivity contribution in [3.8, 4) is 22.8 Å². The number of anilines is 1. The van der Waals surface area contributed by atoms with Crippen molar-refractivity contribution in [1.29, 1.82) is 0 Å². The molecule has 7 heteroatoms. The van der Waals surface area contributed by atoms with Gasteiger partial charge in [0.1, 0.15) is 0 Å². The summed E-state index contributed by atoms with van der Waals surface area (Å²) in [6.07, 6.45) is 4.27. The first-order valence-electron chi connectivity index (χ1n) is 8.30. The Hall–Kier alpha value is -2.73. The summed E-state index contributed by atoms with van der Waals surface area (Å²) in [7, 11) is 3.24. The number of aryl methyl sites for hydroxylation is 1. The molecule has 0 fully saturated rings. The van der Waals surface area contributed by atoms with E-state index in [-0.39, 0.29) is 0 Å². The van der Waals surface area contributed by atoms with Gasteiger partial charge in [-0.3, -0.25) is 0 Å². The van der Waals surface area contributed by atoms with E-state index in [2.05, 4.69) is 22.2 Å². The molecule has 0 spiro atoms. The van der Waals surface area contributed by atoms with Crippen LogP contribution < -0.4 is 14.4 Å². The van der Waals surface area contributed by atoms with E-state index in [1.165, 1.54) is 0 Å². The number of rotatable bonds is 4. The summed E-state index contributed by atoms with van der Waals surface area (Å²) in [5.41, 5.74) is 4.47. The second kappa shape index (κ2) is 6.53. The third-order valence-corrected chi connectivity index (χ3v) is 4.71. The Morgan fingerprint density at radius 2 is 1.77 bits per heavy atom. The first-order chi connectivity index (χ1) is 12.6. The molecule has 26 heavy (non-hydrogen) atoms. The maximum Gasteiger partial charge on any atom is 0.178 e. The zero-order chi connectivity index (χ0) is 18.3. The zero-order valence-corrected chi connectivity index (χ0v) is 15.6. The van der Waals surface area contributed by atoms with Gasteiger partial charge in [-0.2, -0.15) is 5.10 Å². The van der Waals surface area contributed by atoms with Crippen LogP contribution in [0, 0.1) is 6.92 Å². The van der Waals surface area contributed by atoms with E-state index >= 15 is 0 Å². The van der Waals surface area contributed by atoms with Gasteiger partial charge in [-0.05, 0) is 25.1 Å². The Labute approximate surface area is 156 Å². The summed E-state index contributed by atoms with van der Waals surface area (Å²) in [4.78, 5) is 6.99. The van der Waals surface area contributed by atoms with Gasteiger partial charge in [-0.1, -0.05) is 23.8 Å². The van der Waals surface area contributed by atoms with Gasteiger partial charge in [-0.25, -0.2) is 9.50 Å². The Morgan fingerprint density at radius 3 is 2.46 bits per heavy atom. The molecule has 4 rings (SSSR count). The lowest BCUT2D eigenvalue weighted by Gasteiger charge is -2.18. The Morgan fingerprint density at radius 1 is 1.04 bits per heavy atom. The molecule has 134 valence electrons. The van der Waals surface area contributed by atoms with Crippen LogP contribution in [-0.4, -0.2) is 41.9 Å². The van der Waals surface area contributed by atoms with Gasteiger partial charge >= 0.3 is 0 Å². The molecule has 0 saturated heterocycles. The Balaban J connectivity index is 1.92. The van der Waals surface area contributed by atoms with E-state index in [1.54, 1.807) is 14.2 Å². The Kier molecular flexibility index (Phi) is 4.20. The van der Waals surface area contributed by atoms with Crippen LogP contribution in [0.25, 0.3) is 16.9 Å². The molecule has 3 heterocycles. The highest BCUT2D eigenvalue weighted by Gasteiger charge is 2.20. The lowest BCUT2D eigenvalue weighted by Crippen LogP contribution is -2.20.